The Bertz CT molecular complexity index is 461. The van der Waals surface area contributed by atoms with E-state index in [1.54, 1.807) is 12.3 Å². The average Bonchev–Trinajstić information content (AvgIpc) is 3.16. The Morgan fingerprint density at radius 2 is 2.33 bits per heavy atom. The van der Waals surface area contributed by atoms with Crippen molar-refractivity contribution >= 4 is 5.82 Å². The highest BCUT2D eigenvalue weighted by molar-refractivity contribution is 5.42. The molecule has 94 valence electrons. The van der Waals surface area contributed by atoms with Gasteiger partial charge in [0.1, 0.15) is 5.82 Å². The zero-order valence-corrected chi connectivity index (χ0v) is 10.5. The van der Waals surface area contributed by atoms with Gasteiger partial charge < -0.3 is 10.2 Å². The van der Waals surface area contributed by atoms with Crippen molar-refractivity contribution in [1.82, 2.24) is 9.88 Å². The Kier molecular flexibility index (Phi) is 3.16. The summed E-state index contributed by atoms with van der Waals surface area (Å²) >= 11 is 0. The van der Waals surface area contributed by atoms with E-state index in [0.29, 0.717) is 5.56 Å². The maximum Gasteiger partial charge on any atom is 0.127 e. The number of nitrogens with zero attached hydrogens (tertiary/aromatic N) is 3. The van der Waals surface area contributed by atoms with Crippen LogP contribution in [-0.2, 0) is 0 Å². The summed E-state index contributed by atoms with van der Waals surface area (Å²) in [5.74, 6) is 1.54. The van der Waals surface area contributed by atoms with Gasteiger partial charge in [0.2, 0.25) is 0 Å². The second-order valence-corrected chi connectivity index (χ2v) is 5.30. The maximum atomic E-state index is 8.83. The van der Waals surface area contributed by atoms with Crippen molar-refractivity contribution in [2.75, 3.05) is 25.0 Å². The molecular weight excluding hydrogens is 224 g/mol. The second-order valence-electron chi connectivity index (χ2n) is 5.30. The van der Waals surface area contributed by atoms with E-state index in [-0.39, 0.29) is 0 Å². The Labute approximate surface area is 108 Å². The first-order valence-corrected chi connectivity index (χ1v) is 6.69. The van der Waals surface area contributed by atoms with Crippen molar-refractivity contribution in [2.45, 2.75) is 25.3 Å². The maximum absolute atomic E-state index is 8.83. The number of hydrogen-bond acceptors (Lipinski definition) is 4. The van der Waals surface area contributed by atoms with Crippen molar-refractivity contribution < 1.29 is 0 Å². The minimum atomic E-state index is 0.665. The predicted molar refractivity (Wildman–Crippen MR) is 70.1 cm³/mol. The van der Waals surface area contributed by atoms with E-state index in [4.69, 9.17) is 5.26 Å². The lowest BCUT2D eigenvalue weighted by Gasteiger charge is -2.15. The number of rotatable bonds is 4. The van der Waals surface area contributed by atoms with Crippen molar-refractivity contribution in [3.63, 3.8) is 0 Å². The summed E-state index contributed by atoms with van der Waals surface area (Å²) in [6.07, 6.45) is 5.76. The molecular formula is C14H18N4. The zero-order valence-electron chi connectivity index (χ0n) is 10.5. The molecule has 1 saturated carbocycles. The van der Waals surface area contributed by atoms with E-state index < -0.39 is 0 Å². The number of aromatic nitrogens is 1. The largest absolute Gasteiger partial charge is 0.370 e. The van der Waals surface area contributed by atoms with Crippen molar-refractivity contribution in [1.29, 1.82) is 5.26 Å². The lowest BCUT2D eigenvalue weighted by atomic mass is 10.1. The van der Waals surface area contributed by atoms with E-state index in [1.165, 1.54) is 32.4 Å². The van der Waals surface area contributed by atoms with Gasteiger partial charge in [0.05, 0.1) is 11.6 Å². The monoisotopic (exact) mass is 242 g/mol. The molecule has 1 aliphatic carbocycles. The van der Waals surface area contributed by atoms with Crippen molar-refractivity contribution in [3.8, 4) is 6.07 Å². The number of anilines is 1. The average molecular weight is 242 g/mol. The summed E-state index contributed by atoms with van der Waals surface area (Å²) in [7, 11) is 0. The lowest BCUT2D eigenvalue weighted by molar-refractivity contribution is 0.316. The van der Waals surface area contributed by atoms with Crippen molar-refractivity contribution in [2.24, 2.45) is 5.92 Å². The number of pyridine rings is 1. The van der Waals surface area contributed by atoms with E-state index in [9.17, 15) is 0 Å². The second kappa shape index (κ2) is 4.95. The van der Waals surface area contributed by atoms with E-state index in [1.807, 2.05) is 6.07 Å². The molecule has 0 radical (unpaired) electrons. The highest BCUT2D eigenvalue weighted by Crippen LogP contribution is 2.31. The molecule has 0 bridgehead atoms. The van der Waals surface area contributed by atoms with Gasteiger partial charge in [0, 0.05) is 25.3 Å². The van der Waals surface area contributed by atoms with Gasteiger partial charge in [-0.2, -0.15) is 5.26 Å². The van der Waals surface area contributed by atoms with Gasteiger partial charge in [-0.1, -0.05) is 0 Å². The van der Waals surface area contributed by atoms with Gasteiger partial charge in [0.25, 0.3) is 0 Å². The molecule has 2 heterocycles. The van der Waals surface area contributed by atoms with Crippen LogP contribution in [0.3, 0.4) is 0 Å². The summed E-state index contributed by atoms with van der Waals surface area (Å²) in [5.41, 5.74) is 0.665. The molecule has 18 heavy (non-hydrogen) atoms. The molecule has 2 aliphatic rings. The number of hydrogen-bond donors (Lipinski definition) is 1. The van der Waals surface area contributed by atoms with Gasteiger partial charge in [-0.15, -0.1) is 0 Å². The third-order valence-electron chi connectivity index (χ3n) is 3.84. The van der Waals surface area contributed by atoms with Crippen LogP contribution in [-0.4, -0.2) is 35.6 Å². The molecule has 4 heteroatoms. The fourth-order valence-corrected chi connectivity index (χ4v) is 2.65. The highest BCUT2D eigenvalue weighted by atomic mass is 15.2. The summed E-state index contributed by atoms with van der Waals surface area (Å²) in [5, 5.41) is 12.2. The quantitative estimate of drug-likeness (QED) is 0.875. The zero-order chi connectivity index (χ0) is 12.4. The van der Waals surface area contributed by atoms with Gasteiger partial charge in [-0.05, 0) is 43.9 Å². The van der Waals surface area contributed by atoms with Crippen LogP contribution < -0.4 is 5.32 Å². The summed E-state index contributed by atoms with van der Waals surface area (Å²) in [6.45, 7) is 3.43. The van der Waals surface area contributed by atoms with Crippen LogP contribution in [0.5, 0.6) is 0 Å². The van der Waals surface area contributed by atoms with Gasteiger partial charge in [0.15, 0.2) is 0 Å². The summed E-state index contributed by atoms with van der Waals surface area (Å²) in [4.78, 5) is 6.86. The molecule has 1 aliphatic heterocycles. The third kappa shape index (κ3) is 2.62. The molecule has 1 N–H and O–H groups in total. The standard InChI is InChI=1S/C14H18N4/c15-8-11-3-5-16-14(7-11)17-9-12-4-6-18(10-12)13-1-2-13/h3,5,7,12-13H,1-2,4,6,9-10H2,(H,16,17). The van der Waals surface area contributed by atoms with E-state index in [0.717, 1.165) is 24.3 Å². The molecule has 1 atom stereocenters. The number of likely N-dealkylation sites (tertiary alicyclic amines) is 1. The molecule has 1 unspecified atom stereocenters. The molecule has 3 rings (SSSR count). The lowest BCUT2D eigenvalue weighted by Crippen LogP contribution is -2.24. The van der Waals surface area contributed by atoms with Gasteiger partial charge in [-0.25, -0.2) is 4.98 Å². The molecule has 1 saturated heterocycles. The Morgan fingerprint density at radius 1 is 1.44 bits per heavy atom. The molecule has 1 aromatic rings. The minimum Gasteiger partial charge on any atom is -0.370 e. The molecule has 0 aromatic carbocycles. The molecule has 2 fully saturated rings. The first-order chi connectivity index (χ1) is 8.85. The Balaban J connectivity index is 1.50. The van der Waals surface area contributed by atoms with Gasteiger partial charge in [-0.3, -0.25) is 0 Å². The number of nitriles is 1. The molecule has 0 amide bonds. The molecule has 1 aromatic heterocycles. The number of nitrogens with one attached hydrogen (secondary N) is 1. The Morgan fingerprint density at radius 3 is 3.11 bits per heavy atom. The van der Waals surface area contributed by atoms with E-state index in [2.05, 4.69) is 21.3 Å². The summed E-state index contributed by atoms with van der Waals surface area (Å²) in [6, 6.07) is 6.57. The SMILES string of the molecule is N#Cc1ccnc(NCC2CCN(C3CC3)C2)c1. The fraction of sp³-hybridized carbons (Fsp3) is 0.571. The van der Waals surface area contributed by atoms with Crippen LogP contribution in [0.2, 0.25) is 0 Å². The topological polar surface area (TPSA) is 52.0 Å². The highest BCUT2D eigenvalue weighted by Gasteiger charge is 2.34. The molecule has 4 nitrogen and oxygen atoms in total. The van der Waals surface area contributed by atoms with Crippen LogP contribution in [0.15, 0.2) is 18.3 Å². The third-order valence-corrected chi connectivity index (χ3v) is 3.84. The normalized spacial score (nSPS) is 23.8. The van der Waals surface area contributed by atoms with E-state index >= 15 is 0 Å². The minimum absolute atomic E-state index is 0.665. The van der Waals surface area contributed by atoms with Gasteiger partial charge >= 0.3 is 0 Å². The van der Waals surface area contributed by atoms with Crippen molar-refractivity contribution in [3.05, 3.63) is 23.9 Å². The van der Waals surface area contributed by atoms with Crippen LogP contribution in [0.4, 0.5) is 5.82 Å². The smallest absolute Gasteiger partial charge is 0.127 e. The van der Waals surface area contributed by atoms with Crippen LogP contribution in [0.1, 0.15) is 24.8 Å². The predicted octanol–water partition coefficient (Wildman–Crippen LogP) is 1.85. The molecule has 0 spiro atoms. The first-order valence-electron chi connectivity index (χ1n) is 6.69. The Hall–Kier alpha value is -1.60. The fourth-order valence-electron chi connectivity index (χ4n) is 2.65. The van der Waals surface area contributed by atoms with Crippen LogP contribution in [0, 0.1) is 17.2 Å². The van der Waals surface area contributed by atoms with Crippen LogP contribution in [0.25, 0.3) is 0 Å². The first kappa shape index (κ1) is 11.5. The van der Waals surface area contributed by atoms with Crippen LogP contribution >= 0.6 is 0 Å². The summed E-state index contributed by atoms with van der Waals surface area (Å²) < 4.78 is 0.